The molecule has 1 N–H and O–H groups in total. The van der Waals surface area contributed by atoms with Gasteiger partial charge in [0, 0.05) is 16.8 Å². The smallest absolute Gasteiger partial charge is 0.265 e. The van der Waals surface area contributed by atoms with Gasteiger partial charge in [0.2, 0.25) is 5.82 Å². The molecule has 156 valence electrons. The van der Waals surface area contributed by atoms with Crippen LogP contribution in [0.2, 0.25) is 0 Å². The molecule has 6 nitrogen and oxygen atoms in total. The molecular formula is C24H20FN3O3. The molecule has 4 aromatic rings. The van der Waals surface area contributed by atoms with Gasteiger partial charge in [-0.2, -0.15) is 4.98 Å². The summed E-state index contributed by atoms with van der Waals surface area (Å²) in [6, 6.07) is 20.8. The second-order valence-corrected chi connectivity index (χ2v) is 7.05. The van der Waals surface area contributed by atoms with Crippen LogP contribution in [0.5, 0.6) is 5.75 Å². The highest BCUT2D eigenvalue weighted by molar-refractivity contribution is 5.94. The fourth-order valence-electron chi connectivity index (χ4n) is 2.88. The highest BCUT2D eigenvalue weighted by Gasteiger charge is 2.17. The largest absolute Gasteiger partial charge is 0.478 e. The van der Waals surface area contributed by atoms with E-state index < -0.39 is 17.8 Å². The molecule has 0 fully saturated rings. The molecule has 3 aromatic carbocycles. The SMILES string of the molecule is Cc1ccc(-c2noc(-c3ccc(NC(=O)[C@H](C)Oc4ccccc4F)cc3)n2)cc1. The van der Waals surface area contributed by atoms with Gasteiger partial charge in [-0.1, -0.05) is 47.1 Å². The molecule has 1 amide bonds. The third-order valence-corrected chi connectivity index (χ3v) is 4.64. The van der Waals surface area contributed by atoms with Gasteiger partial charge in [0.25, 0.3) is 11.8 Å². The third kappa shape index (κ3) is 4.78. The van der Waals surface area contributed by atoms with Gasteiger partial charge in [0.15, 0.2) is 17.7 Å². The first-order chi connectivity index (χ1) is 15.0. The first-order valence-corrected chi connectivity index (χ1v) is 9.73. The van der Waals surface area contributed by atoms with Crippen LogP contribution >= 0.6 is 0 Å². The van der Waals surface area contributed by atoms with Crippen LogP contribution in [0, 0.1) is 12.7 Å². The Kier molecular flexibility index (Phi) is 5.75. The number of ether oxygens (including phenoxy) is 1. The molecule has 0 aliphatic carbocycles. The number of aromatic nitrogens is 2. The standard InChI is InChI=1S/C24H20FN3O3/c1-15-7-9-17(10-8-15)22-27-24(31-28-22)18-11-13-19(14-12-18)26-23(29)16(2)30-21-6-4-3-5-20(21)25/h3-14,16H,1-2H3,(H,26,29)/t16-/m0/s1. The Morgan fingerprint density at radius 1 is 1.00 bits per heavy atom. The van der Waals surface area contributed by atoms with Crippen LogP contribution in [0.4, 0.5) is 10.1 Å². The van der Waals surface area contributed by atoms with Gasteiger partial charge in [-0.15, -0.1) is 0 Å². The van der Waals surface area contributed by atoms with E-state index in [1.54, 1.807) is 43.3 Å². The number of hydrogen-bond donors (Lipinski definition) is 1. The van der Waals surface area contributed by atoms with Crippen molar-refractivity contribution in [3.8, 4) is 28.6 Å². The minimum Gasteiger partial charge on any atom is -0.478 e. The lowest BCUT2D eigenvalue weighted by molar-refractivity contribution is -0.122. The molecule has 0 saturated carbocycles. The maximum absolute atomic E-state index is 13.7. The van der Waals surface area contributed by atoms with Gasteiger partial charge < -0.3 is 14.6 Å². The van der Waals surface area contributed by atoms with Crippen LogP contribution in [0.15, 0.2) is 77.3 Å². The van der Waals surface area contributed by atoms with Crippen molar-refractivity contribution in [2.45, 2.75) is 20.0 Å². The molecule has 0 unspecified atom stereocenters. The Balaban J connectivity index is 1.41. The lowest BCUT2D eigenvalue weighted by Crippen LogP contribution is -2.30. The summed E-state index contributed by atoms with van der Waals surface area (Å²) in [6.45, 7) is 3.57. The van der Waals surface area contributed by atoms with Crippen molar-refractivity contribution in [2.75, 3.05) is 5.32 Å². The average Bonchev–Trinajstić information content (AvgIpc) is 3.26. The van der Waals surface area contributed by atoms with Crippen molar-refractivity contribution in [1.29, 1.82) is 0 Å². The summed E-state index contributed by atoms with van der Waals surface area (Å²) in [5, 5.41) is 6.77. The lowest BCUT2D eigenvalue weighted by atomic mass is 10.1. The Hall–Kier alpha value is -4.00. The van der Waals surface area contributed by atoms with Crippen molar-refractivity contribution >= 4 is 11.6 Å². The molecule has 1 aromatic heterocycles. The van der Waals surface area contributed by atoms with Crippen molar-refractivity contribution in [3.05, 3.63) is 84.2 Å². The van der Waals surface area contributed by atoms with E-state index in [0.29, 0.717) is 17.4 Å². The molecule has 4 rings (SSSR count). The van der Waals surface area contributed by atoms with Gasteiger partial charge in [-0.3, -0.25) is 4.79 Å². The molecule has 0 saturated heterocycles. The summed E-state index contributed by atoms with van der Waals surface area (Å²) in [5.41, 5.74) is 3.31. The fraction of sp³-hybridized carbons (Fsp3) is 0.125. The molecule has 0 aliphatic heterocycles. The van der Waals surface area contributed by atoms with Crippen LogP contribution in [-0.4, -0.2) is 22.2 Å². The van der Waals surface area contributed by atoms with E-state index in [4.69, 9.17) is 9.26 Å². The minimum absolute atomic E-state index is 0.0290. The molecule has 0 radical (unpaired) electrons. The Bertz CT molecular complexity index is 1190. The van der Waals surface area contributed by atoms with Crippen LogP contribution in [0.25, 0.3) is 22.8 Å². The zero-order chi connectivity index (χ0) is 21.8. The van der Waals surface area contributed by atoms with E-state index in [1.165, 1.54) is 12.1 Å². The molecular weight excluding hydrogens is 397 g/mol. The Morgan fingerprint density at radius 3 is 2.39 bits per heavy atom. The molecule has 1 heterocycles. The average molecular weight is 417 g/mol. The molecule has 0 aliphatic rings. The molecule has 0 spiro atoms. The zero-order valence-electron chi connectivity index (χ0n) is 17.0. The Morgan fingerprint density at radius 2 is 1.68 bits per heavy atom. The predicted molar refractivity (Wildman–Crippen MR) is 115 cm³/mol. The van der Waals surface area contributed by atoms with Gasteiger partial charge in [-0.05, 0) is 50.2 Å². The van der Waals surface area contributed by atoms with Crippen molar-refractivity contribution in [1.82, 2.24) is 10.1 Å². The van der Waals surface area contributed by atoms with Gasteiger partial charge in [0.1, 0.15) is 0 Å². The van der Waals surface area contributed by atoms with E-state index in [2.05, 4.69) is 15.5 Å². The molecule has 0 bridgehead atoms. The van der Waals surface area contributed by atoms with Crippen LogP contribution in [-0.2, 0) is 4.79 Å². The van der Waals surface area contributed by atoms with Crippen molar-refractivity contribution in [3.63, 3.8) is 0 Å². The highest BCUT2D eigenvalue weighted by Crippen LogP contribution is 2.24. The molecule has 7 heteroatoms. The number of para-hydroxylation sites is 1. The van der Waals surface area contributed by atoms with E-state index in [-0.39, 0.29) is 5.75 Å². The van der Waals surface area contributed by atoms with E-state index in [0.717, 1.165) is 16.7 Å². The van der Waals surface area contributed by atoms with Crippen molar-refractivity contribution in [2.24, 2.45) is 0 Å². The first kappa shape index (κ1) is 20.3. The maximum Gasteiger partial charge on any atom is 0.265 e. The number of benzene rings is 3. The number of amides is 1. The maximum atomic E-state index is 13.7. The highest BCUT2D eigenvalue weighted by atomic mass is 19.1. The first-order valence-electron chi connectivity index (χ1n) is 9.73. The summed E-state index contributed by atoms with van der Waals surface area (Å²) in [6.07, 6.45) is -0.871. The second-order valence-electron chi connectivity index (χ2n) is 7.05. The number of nitrogens with one attached hydrogen (secondary N) is 1. The van der Waals surface area contributed by atoms with Gasteiger partial charge >= 0.3 is 0 Å². The van der Waals surface area contributed by atoms with Crippen LogP contribution in [0.3, 0.4) is 0 Å². The topological polar surface area (TPSA) is 77.2 Å². The van der Waals surface area contributed by atoms with Gasteiger partial charge in [-0.25, -0.2) is 4.39 Å². The van der Waals surface area contributed by atoms with Crippen LogP contribution < -0.4 is 10.1 Å². The zero-order valence-corrected chi connectivity index (χ0v) is 17.0. The summed E-state index contributed by atoms with van der Waals surface area (Å²) in [7, 11) is 0. The van der Waals surface area contributed by atoms with Gasteiger partial charge in [0.05, 0.1) is 0 Å². The Labute approximate surface area is 178 Å². The number of carbonyl (C=O) groups is 1. The summed E-state index contributed by atoms with van der Waals surface area (Å²) in [5.74, 6) is 0.00370. The number of anilines is 1. The number of halogens is 1. The van der Waals surface area contributed by atoms with E-state index in [1.807, 2.05) is 31.2 Å². The molecule has 31 heavy (non-hydrogen) atoms. The lowest BCUT2D eigenvalue weighted by Gasteiger charge is -2.15. The monoisotopic (exact) mass is 417 g/mol. The fourth-order valence-corrected chi connectivity index (χ4v) is 2.88. The number of nitrogens with zero attached hydrogens (tertiary/aromatic N) is 2. The normalized spacial score (nSPS) is 11.7. The second kappa shape index (κ2) is 8.79. The van der Waals surface area contributed by atoms with E-state index >= 15 is 0 Å². The number of carbonyl (C=O) groups excluding carboxylic acids is 1. The summed E-state index contributed by atoms with van der Waals surface area (Å²) < 4.78 is 24.5. The van der Waals surface area contributed by atoms with Crippen LogP contribution in [0.1, 0.15) is 12.5 Å². The molecule has 1 atom stereocenters. The third-order valence-electron chi connectivity index (χ3n) is 4.64. The predicted octanol–water partition coefficient (Wildman–Crippen LogP) is 5.26. The number of aryl methyl sites for hydroxylation is 1. The quantitative estimate of drug-likeness (QED) is 0.463. The van der Waals surface area contributed by atoms with Crippen molar-refractivity contribution < 1.29 is 18.4 Å². The summed E-state index contributed by atoms with van der Waals surface area (Å²) >= 11 is 0. The number of hydrogen-bond acceptors (Lipinski definition) is 5. The van der Waals surface area contributed by atoms with E-state index in [9.17, 15) is 9.18 Å². The number of rotatable bonds is 6. The minimum atomic E-state index is -0.871. The summed E-state index contributed by atoms with van der Waals surface area (Å²) in [4.78, 5) is 16.8.